The van der Waals surface area contributed by atoms with E-state index in [9.17, 15) is 4.39 Å². The van der Waals surface area contributed by atoms with Crippen LogP contribution in [-0.4, -0.2) is 18.6 Å². The number of halogens is 1. The van der Waals surface area contributed by atoms with Gasteiger partial charge in [-0.1, -0.05) is 6.07 Å². The summed E-state index contributed by atoms with van der Waals surface area (Å²) in [4.78, 5) is 6.04. The Hall–Kier alpha value is -1.94. The Morgan fingerprint density at radius 1 is 1.25 bits per heavy atom. The van der Waals surface area contributed by atoms with Crippen LogP contribution in [0.15, 0.2) is 42.7 Å². The highest BCUT2D eigenvalue weighted by Gasteiger charge is 2.15. The third-order valence-electron chi connectivity index (χ3n) is 3.38. The van der Waals surface area contributed by atoms with Crippen molar-refractivity contribution >= 4 is 5.69 Å². The molecule has 1 heterocycles. The molecule has 1 aromatic carbocycles. The summed E-state index contributed by atoms with van der Waals surface area (Å²) in [6.45, 7) is 2.60. The number of hydrogen-bond acceptors (Lipinski definition) is 3. The molecule has 0 aliphatic rings. The topological polar surface area (TPSA) is 42.1 Å². The third-order valence-corrected chi connectivity index (χ3v) is 3.38. The maximum Gasteiger partial charge on any atom is 0.130 e. The van der Waals surface area contributed by atoms with E-state index in [2.05, 4.69) is 4.98 Å². The van der Waals surface area contributed by atoms with Crippen molar-refractivity contribution in [2.24, 2.45) is 5.73 Å². The number of aromatic nitrogens is 1. The van der Waals surface area contributed by atoms with Gasteiger partial charge in [-0.15, -0.1) is 0 Å². The Morgan fingerprint density at radius 2 is 1.95 bits per heavy atom. The van der Waals surface area contributed by atoms with Crippen LogP contribution in [-0.2, 0) is 6.42 Å². The molecule has 1 atom stereocenters. The zero-order valence-corrected chi connectivity index (χ0v) is 11.9. The normalized spacial score (nSPS) is 12.2. The molecule has 2 N–H and O–H groups in total. The minimum absolute atomic E-state index is 0.242. The van der Waals surface area contributed by atoms with Crippen molar-refractivity contribution in [1.29, 1.82) is 0 Å². The smallest absolute Gasteiger partial charge is 0.130 e. The Labute approximate surface area is 119 Å². The molecule has 0 saturated carbocycles. The van der Waals surface area contributed by atoms with Crippen LogP contribution in [0, 0.1) is 5.82 Å². The summed E-state index contributed by atoms with van der Waals surface area (Å²) in [6.07, 6.45) is 4.45. The van der Waals surface area contributed by atoms with Gasteiger partial charge in [0.1, 0.15) is 5.82 Å². The largest absolute Gasteiger partial charge is 0.374 e. The van der Waals surface area contributed by atoms with Crippen molar-refractivity contribution in [3.63, 3.8) is 0 Å². The van der Waals surface area contributed by atoms with E-state index in [1.807, 2.05) is 30.1 Å². The van der Waals surface area contributed by atoms with Gasteiger partial charge in [0.15, 0.2) is 0 Å². The fraction of sp³-hybridized carbons (Fsp3) is 0.312. The van der Waals surface area contributed by atoms with Crippen LogP contribution in [0.4, 0.5) is 10.1 Å². The lowest BCUT2D eigenvalue weighted by molar-refractivity contribution is 0.592. The van der Waals surface area contributed by atoms with Gasteiger partial charge in [-0.25, -0.2) is 4.39 Å². The molecule has 0 saturated heterocycles. The summed E-state index contributed by atoms with van der Waals surface area (Å²) in [5.74, 6) is -0.242. The molecule has 0 radical (unpaired) electrons. The lowest BCUT2D eigenvalue weighted by Crippen LogP contribution is -2.24. The summed E-state index contributed by atoms with van der Waals surface area (Å²) >= 11 is 0. The van der Waals surface area contributed by atoms with Gasteiger partial charge in [0.25, 0.3) is 0 Å². The van der Waals surface area contributed by atoms with Crippen molar-refractivity contribution in [3.8, 4) is 0 Å². The Balaban J connectivity index is 2.13. The second-order valence-electron chi connectivity index (χ2n) is 4.99. The monoisotopic (exact) mass is 273 g/mol. The fourth-order valence-electron chi connectivity index (χ4n) is 2.28. The number of hydrogen-bond donors (Lipinski definition) is 1. The van der Waals surface area contributed by atoms with Crippen LogP contribution < -0.4 is 10.6 Å². The molecular formula is C16H20FN3. The fourth-order valence-corrected chi connectivity index (χ4v) is 2.28. The standard InChI is InChI=1S/C16H20FN3/c1-12(18)16-14(17)4-3-5-15(16)20(2)11-8-13-6-9-19-10-7-13/h3-7,9-10,12H,8,11,18H2,1-2H3. The molecule has 0 amide bonds. The quantitative estimate of drug-likeness (QED) is 0.910. The Bertz CT molecular complexity index is 555. The summed E-state index contributed by atoms with van der Waals surface area (Å²) in [5.41, 5.74) is 8.53. The van der Waals surface area contributed by atoms with E-state index in [0.717, 1.165) is 18.7 Å². The molecule has 2 rings (SSSR count). The maximum atomic E-state index is 13.9. The highest BCUT2D eigenvalue weighted by Crippen LogP contribution is 2.27. The predicted molar refractivity (Wildman–Crippen MR) is 80.2 cm³/mol. The van der Waals surface area contributed by atoms with Crippen LogP contribution >= 0.6 is 0 Å². The number of pyridine rings is 1. The maximum absolute atomic E-state index is 13.9. The van der Waals surface area contributed by atoms with Crippen molar-refractivity contribution in [2.75, 3.05) is 18.5 Å². The Morgan fingerprint density at radius 3 is 2.60 bits per heavy atom. The van der Waals surface area contributed by atoms with Gasteiger partial charge in [0.2, 0.25) is 0 Å². The van der Waals surface area contributed by atoms with Crippen molar-refractivity contribution in [2.45, 2.75) is 19.4 Å². The molecular weight excluding hydrogens is 253 g/mol. The first-order valence-electron chi connectivity index (χ1n) is 6.73. The van der Waals surface area contributed by atoms with E-state index in [1.54, 1.807) is 25.4 Å². The molecule has 4 heteroatoms. The molecule has 0 aliphatic heterocycles. The second-order valence-corrected chi connectivity index (χ2v) is 4.99. The lowest BCUT2D eigenvalue weighted by Gasteiger charge is -2.24. The molecule has 0 bridgehead atoms. The van der Waals surface area contributed by atoms with Crippen LogP contribution in [0.3, 0.4) is 0 Å². The van der Waals surface area contributed by atoms with Crippen molar-refractivity contribution in [3.05, 3.63) is 59.7 Å². The SMILES string of the molecule is CC(N)c1c(F)cccc1N(C)CCc1ccncc1. The lowest BCUT2D eigenvalue weighted by atomic mass is 10.0. The molecule has 2 aromatic rings. The first-order valence-corrected chi connectivity index (χ1v) is 6.73. The van der Waals surface area contributed by atoms with Gasteiger partial charge in [0.05, 0.1) is 0 Å². The number of likely N-dealkylation sites (N-methyl/N-ethyl adjacent to an activating group) is 1. The molecule has 1 unspecified atom stereocenters. The number of nitrogens with zero attached hydrogens (tertiary/aromatic N) is 2. The van der Waals surface area contributed by atoms with Gasteiger partial charge >= 0.3 is 0 Å². The van der Waals surface area contributed by atoms with E-state index >= 15 is 0 Å². The van der Waals surface area contributed by atoms with E-state index in [0.29, 0.717) is 5.56 Å². The molecule has 20 heavy (non-hydrogen) atoms. The van der Waals surface area contributed by atoms with Gasteiger partial charge < -0.3 is 10.6 Å². The van der Waals surface area contributed by atoms with Gasteiger partial charge in [-0.3, -0.25) is 4.98 Å². The van der Waals surface area contributed by atoms with Gasteiger partial charge in [0, 0.05) is 43.3 Å². The summed E-state index contributed by atoms with van der Waals surface area (Å²) in [7, 11) is 1.96. The number of nitrogens with two attached hydrogens (primary N) is 1. The van der Waals surface area contributed by atoms with E-state index < -0.39 is 0 Å². The highest BCUT2D eigenvalue weighted by atomic mass is 19.1. The average Bonchev–Trinajstić information content (AvgIpc) is 2.45. The number of anilines is 1. The van der Waals surface area contributed by atoms with E-state index in [4.69, 9.17) is 5.73 Å². The molecule has 0 aliphatic carbocycles. The van der Waals surface area contributed by atoms with Crippen molar-refractivity contribution in [1.82, 2.24) is 4.98 Å². The van der Waals surface area contributed by atoms with Gasteiger partial charge in [-0.05, 0) is 43.2 Å². The van der Waals surface area contributed by atoms with Crippen LogP contribution in [0.1, 0.15) is 24.1 Å². The highest BCUT2D eigenvalue weighted by molar-refractivity contribution is 5.55. The average molecular weight is 273 g/mol. The molecule has 106 valence electrons. The van der Waals surface area contributed by atoms with Crippen LogP contribution in [0.5, 0.6) is 0 Å². The van der Waals surface area contributed by atoms with Crippen LogP contribution in [0.25, 0.3) is 0 Å². The zero-order valence-electron chi connectivity index (χ0n) is 11.9. The minimum Gasteiger partial charge on any atom is -0.374 e. The molecule has 0 fully saturated rings. The van der Waals surface area contributed by atoms with Gasteiger partial charge in [-0.2, -0.15) is 0 Å². The summed E-state index contributed by atoms with van der Waals surface area (Å²) in [5, 5.41) is 0. The molecule has 1 aromatic heterocycles. The summed E-state index contributed by atoms with van der Waals surface area (Å²) in [6, 6.07) is 8.75. The third kappa shape index (κ3) is 3.33. The van der Waals surface area contributed by atoms with E-state index in [1.165, 1.54) is 11.6 Å². The Kier molecular flexibility index (Phi) is 4.69. The second kappa shape index (κ2) is 6.48. The zero-order chi connectivity index (χ0) is 14.5. The van der Waals surface area contributed by atoms with E-state index in [-0.39, 0.29) is 11.9 Å². The predicted octanol–water partition coefficient (Wildman–Crippen LogP) is 2.92. The molecule has 3 nitrogen and oxygen atoms in total. The number of rotatable bonds is 5. The number of benzene rings is 1. The van der Waals surface area contributed by atoms with Crippen LogP contribution in [0.2, 0.25) is 0 Å². The summed E-state index contributed by atoms with van der Waals surface area (Å²) < 4.78 is 13.9. The molecule has 0 spiro atoms. The minimum atomic E-state index is -0.324. The first-order chi connectivity index (χ1) is 9.59. The first kappa shape index (κ1) is 14.5. The van der Waals surface area contributed by atoms with Crippen molar-refractivity contribution < 1.29 is 4.39 Å².